The maximum Gasteiger partial charge on any atom is 0.0367 e. The highest BCUT2D eigenvalue weighted by molar-refractivity contribution is 5.46. The van der Waals surface area contributed by atoms with Crippen molar-refractivity contribution < 1.29 is 0 Å². The fraction of sp³-hybridized carbons (Fsp3) is 0.294. The molecule has 1 aliphatic rings. The highest BCUT2D eigenvalue weighted by Crippen LogP contribution is 2.16. The van der Waals surface area contributed by atoms with Gasteiger partial charge in [-0.05, 0) is 24.1 Å². The minimum Gasteiger partial charge on any atom is -0.369 e. The first-order chi connectivity index (χ1) is 9.42. The van der Waals surface area contributed by atoms with Crippen molar-refractivity contribution in [3.8, 4) is 0 Å². The van der Waals surface area contributed by atoms with Gasteiger partial charge in [0.05, 0.1) is 0 Å². The Balaban J connectivity index is 1.65. The molecule has 0 radical (unpaired) electrons. The molecule has 1 atom stereocenters. The summed E-state index contributed by atoms with van der Waals surface area (Å²) in [5.74, 6) is 0. The predicted molar refractivity (Wildman–Crippen MR) is 80.6 cm³/mol. The van der Waals surface area contributed by atoms with Crippen LogP contribution in [0.4, 0.5) is 5.69 Å². The van der Waals surface area contributed by atoms with Crippen LogP contribution in [-0.4, -0.2) is 25.7 Å². The molecule has 0 amide bonds. The summed E-state index contributed by atoms with van der Waals surface area (Å²) in [6.45, 7) is 3.24. The number of hydrogen-bond donors (Lipinski definition) is 1. The molecule has 0 aliphatic carbocycles. The molecule has 1 N–H and O–H groups in total. The largest absolute Gasteiger partial charge is 0.369 e. The summed E-state index contributed by atoms with van der Waals surface area (Å²) in [7, 11) is 0. The van der Waals surface area contributed by atoms with Gasteiger partial charge in [0.25, 0.3) is 0 Å². The highest BCUT2D eigenvalue weighted by Gasteiger charge is 2.19. The number of nitrogens with one attached hydrogen (secondary N) is 1. The Hall–Kier alpha value is -1.80. The van der Waals surface area contributed by atoms with Crippen molar-refractivity contribution in [2.24, 2.45) is 0 Å². The topological polar surface area (TPSA) is 15.3 Å². The van der Waals surface area contributed by atoms with Crippen LogP contribution in [0.2, 0.25) is 0 Å². The third-order valence-corrected chi connectivity index (χ3v) is 3.70. The first-order valence-electron chi connectivity index (χ1n) is 6.99. The highest BCUT2D eigenvalue weighted by atomic mass is 15.2. The van der Waals surface area contributed by atoms with Crippen LogP contribution in [0.15, 0.2) is 60.7 Å². The summed E-state index contributed by atoms with van der Waals surface area (Å²) in [4.78, 5) is 2.48. The fourth-order valence-corrected chi connectivity index (χ4v) is 2.73. The smallest absolute Gasteiger partial charge is 0.0367 e. The van der Waals surface area contributed by atoms with Gasteiger partial charge in [-0.3, -0.25) is 0 Å². The molecule has 0 aromatic heterocycles. The Kier molecular flexibility index (Phi) is 3.80. The second-order valence-corrected chi connectivity index (χ2v) is 5.12. The van der Waals surface area contributed by atoms with Gasteiger partial charge in [0, 0.05) is 31.4 Å². The molecular weight excluding hydrogens is 232 g/mol. The Morgan fingerprint density at radius 3 is 2.37 bits per heavy atom. The maximum absolute atomic E-state index is 3.63. The third-order valence-electron chi connectivity index (χ3n) is 3.70. The van der Waals surface area contributed by atoms with Gasteiger partial charge in [-0.2, -0.15) is 0 Å². The average molecular weight is 252 g/mol. The summed E-state index contributed by atoms with van der Waals surface area (Å²) in [6.07, 6.45) is 1.10. The molecule has 1 fully saturated rings. The Morgan fingerprint density at radius 1 is 0.947 bits per heavy atom. The summed E-state index contributed by atoms with van der Waals surface area (Å²) < 4.78 is 0. The monoisotopic (exact) mass is 252 g/mol. The van der Waals surface area contributed by atoms with Crippen LogP contribution in [0, 0.1) is 0 Å². The van der Waals surface area contributed by atoms with Crippen LogP contribution in [-0.2, 0) is 6.42 Å². The second-order valence-electron chi connectivity index (χ2n) is 5.12. The Morgan fingerprint density at radius 2 is 1.63 bits per heavy atom. The summed E-state index contributed by atoms with van der Waals surface area (Å²) in [5.41, 5.74) is 2.75. The number of nitrogens with zero attached hydrogens (tertiary/aromatic N) is 1. The third kappa shape index (κ3) is 3.15. The molecule has 2 nitrogen and oxygen atoms in total. The molecular formula is C17H20N2. The lowest BCUT2D eigenvalue weighted by molar-refractivity contribution is 0.455. The van der Waals surface area contributed by atoms with E-state index in [1.54, 1.807) is 0 Å². The zero-order valence-corrected chi connectivity index (χ0v) is 11.1. The normalized spacial score (nSPS) is 19.4. The number of hydrogen-bond acceptors (Lipinski definition) is 2. The van der Waals surface area contributed by atoms with Crippen LogP contribution in [0.3, 0.4) is 0 Å². The lowest BCUT2D eigenvalue weighted by Crippen LogP contribution is -2.51. The van der Waals surface area contributed by atoms with Crippen molar-refractivity contribution in [2.45, 2.75) is 12.5 Å². The number of para-hydroxylation sites is 1. The molecule has 0 spiro atoms. The number of anilines is 1. The molecule has 98 valence electrons. The van der Waals surface area contributed by atoms with Gasteiger partial charge in [-0.25, -0.2) is 0 Å². The summed E-state index contributed by atoms with van der Waals surface area (Å²) >= 11 is 0. The molecule has 2 heteroatoms. The molecule has 2 aromatic rings. The Labute approximate surface area is 115 Å². The number of piperazine rings is 1. The predicted octanol–water partition coefficient (Wildman–Crippen LogP) is 2.71. The maximum atomic E-state index is 3.63. The summed E-state index contributed by atoms with van der Waals surface area (Å²) in [6, 6.07) is 22.0. The van der Waals surface area contributed by atoms with E-state index in [9.17, 15) is 0 Å². The van der Waals surface area contributed by atoms with E-state index in [2.05, 4.69) is 70.9 Å². The van der Waals surface area contributed by atoms with Crippen LogP contribution in [0.1, 0.15) is 5.56 Å². The molecule has 0 bridgehead atoms. The molecule has 1 aliphatic heterocycles. The van der Waals surface area contributed by atoms with E-state index in [4.69, 9.17) is 0 Å². The van der Waals surface area contributed by atoms with E-state index < -0.39 is 0 Å². The zero-order chi connectivity index (χ0) is 12.9. The minimum absolute atomic E-state index is 0.538. The molecule has 19 heavy (non-hydrogen) atoms. The van der Waals surface area contributed by atoms with Crippen LogP contribution in [0.25, 0.3) is 0 Å². The standard InChI is InChI=1S/C17H20N2/c1-3-7-15(8-4-1)13-16-14-19(12-11-18-16)17-9-5-2-6-10-17/h1-10,16,18H,11-14H2/t16-/m1/s1. The van der Waals surface area contributed by atoms with E-state index in [0.29, 0.717) is 6.04 Å². The molecule has 1 heterocycles. The van der Waals surface area contributed by atoms with Crippen molar-refractivity contribution in [2.75, 3.05) is 24.5 Å². The van der Waals surface area contributed by atoms with Gasteiger partial charge in [0.1, 0.15) is 0 Å². The van der Waals surface area contributed by atoms with Crippen LogP contribution >= 0.6 is 0 Å². The van der Waals surface area contributed by atoms with E-state index in [0.717, 1.165) is 26.1 Å². The molecule has 0 unspecified atom stereocenters. The van der Waals surface area contributed by atoms with Crippen molar-refractivity contribution >= 4 is 5.69 Å². The summed E-state index contributed by atoms with van der Waals surface area (Å²) in [5, 5.41) is 3.63. The van der Waals surface area contributed by atoms with Crippen molar-refractivity contribution in [1.82, 2.24) is 5.32 Å². The lowest BCUT2D eigenvalue weighted by Gasteiger charge is -2.35. The van der Waals surface area contributed by atoms with E-state index in [-0.39, 0.29) is 0 Å². The molecule has 3 rings (SSSR count). The zero-order valence-electron chi connectivity index (χ0n) is 11.1. The first-order valence-corrected chi connectivity index (χ1v) is 6.99. The van der Waals surface area contributed by atoms with E-state index in [1.165, 1.54) is 11.3 Å². The quantitative estimate of drug-likeness (QED) is 0.903. The van der Waals surface area contributed by atoms with Crippen LogP contribution < -0.4 is 10.2 Å². The van der Waals surface area contributed by atoms with Gasteiger partial charge in [-0.1, -0.05) is 48.5 Å². The van der Waals surface area contributed by atoms with Crippen molar-refractivity contribution in [3.63, 3.8) is 0 Å². The van der Waals surface area contributed by atoms with E-state index >= 15 is 0 Å². The van der Waals surface area contributed by atoms with Gasteiger partial charge < -0.3 is 10.2 Å². The lowest BCUT2D eigenvalue weighted by atomic mass is 10.0. The first kappa shape index (κ1) is 12.2. The van der Waals surface area contributed by atoms with Crippen molar-refractivity contribution in [1.29, 1.82) is 0 Å². The SMILES string of the molecule is c1ccc(C[C@@H]2CN(c3ccccc3)CCN2)cc1. The molecule has 2 aromatic carbocycles. The van der Waals surface area contributed by atoms with E-state index in [1.807, 2.05) is 0 Å². The van der Waals surface area contributed by atoms with Gasteiger partial charge in [-0.15, -0.1) is 0 Å². The van der Waals surface area contributed by atoms with Crippen LogP contribution in [0.5, 0.6) is 0 Å². The fourth-order valence-electron chi connectivity index (χ4n) is 2.73. The Bertz CT molecular complexity index is 495. The molecule has 1 saturated heterocycles. The van der Waals surface area contributed by atoms with Gasteiger partial charge in [0.2, 0.25) is 0 Å². The number of benzene rings is 2. The number of rotatable bonds is 3. The van der Waals surface area contributed by atoms with Gasteiger partial charge in [0.15, 0.2) is 0 Å². The van der Waals surface area contributed by atoms with Gasteiger partial charge >= 0.3 is 0 Å². The van der Waals surface area contributed by atoms with Crippen molar-refractivity contribution in [3.05, 3.63) is 66.2 Å². The second kappa shape index (κ2) is 5.89. The minimum atomic E-state index is 0.538. The molecule has 0 saturated carbocycles. The average Bonchev–Trinajstić information content (AvgIpc) is 2.49.